The quantitative estimate of drug-likeness (QED) is 0.828. The van der Waals surface area contributed by atoms with Crippen molar-refractivity contribution in [3.05, 3.63) is 34.9 Å². The first-order valence-electron chi connectivity index (χ1n) is 5.92. The van der Waals surface area contributed by atoms with E-state index in [4.69, 9.17) is 5.11 Å². The normalized spacial score (nSPS) is 12.4. The van der Waals surface area contributed by atoms with Gasteiger partial charge in [0.15, 0.2) is 0 Å². The van der Waals surface area contributed by atoms with E-state index >= 15 is 0 Å². The molecule has 2 nitrogen and oxygen atoms in total. The van der Waals surface area contributed by atoms with Crippen molar-refractivity contribution < 1.29 is 9.90 Å². The van der Waals surface area contributed by atoms with Crippen LogP contribution in [0.1, 0.15) is 37.5 Å². The highest BCUT2D eigenvalue weighted by atomic mass is 16.4. The molecule has 0 aliphatic rings. The van der Waals surface area contributed by atoms with Crippen molar-refractivity contribution in [1.82, 2.24) is 0 Å². The molecule has 0 radical (unpaired) electrons. The number of aryl methyl sites for hydroxylation is 2. The molecule has 0 aliphatic carbocycles. The van der Waals surface area contributed by atoms with Gasteiger partial charge in [-0.3, -0.25) is 4.79 Å². The van der Waals surface area contributed by atoms with Gasteiger partial charge in [-0.2, -0.15) is 0 Å². The second kappa shape index (κ2) is 5.69. The topological polar surface area (TPSA) is 37.3 Å². The van der Waals surface area contributed by atoms with Crippen LogP contribution in [0, 0.1) is 5.92 Å². The van der Waals surface area contributed by atoms with Crippen LogP contribution in [0.2, 0.25) is 0 Å². The molecule has 1 aromatic carbocycles. The Bertz CT molecular complexity index is 347. The Labute approximate surface area is 97.3 Å². The van der Waals surface area contributed by atoms with Crippen molar-refractivity contribution in [1.29, 1.82) is 0 Å². The molecule has 1 unspecified atom stereocenters. The fraction of sp³-hybridized carbons (Fsp3) is 0.500. The largest absolute Gasteiger partial charge is 0.481 e. The van der Waals surface area contributed by atoms with Gasteiger partial charge < -0.3 is 5.11 Å². The maximum Gasteiger partial charge on any atom is 0.306 e. The van der Waals surface area contributed by atoms with Crippen LogP contribution in [0.3, 0.4) is 0 Å². The van der Waals surface area contributed by atoms with Crippen molar-refractivity contribution in [2.45, 2.75) is 40.0 Å². The lowest BCUT2D eigenvalue weighted by Gasteiger charge is -2.15. The van der Waals surface area contributed by atoms with Gasteiger partial charge in [0.1, 0.15) is 0 Å². The Morgan fingerprint density at radius 1 is 1.25 bits per heavy atom. The molecule has 16 heavy (non-hydrogen) atoms. The predicted molar refractivity (Wildman–Crippen MR) is 65.7 cm³/mol. The summed E-state index contributed by atoms with van der Waals surface area (Å²) in [5.41, 5.74) is 3.81. The number of rotatable bonds is 5. The highest BCUT2D eigenvalue weighted by Crippen LogP contribution is 2.20. The van der Waals surface area contributed by atoms with E-state index in [1.807, 2.05) is 0 Å². The standard InChI is InChI=1S/C14H20O2/c1-4-11-7-6-8-12(5-2)13(11)9-10(3)14(15)16/h6-8,10H,4-5,9H2,1-3H3,(H,15,16). The van der Waals surface area contributed by atoms with Crippen LogP contribution in [-0.4, -0.2) is 11.1 Å². The number of benzene rings is 1. The number of aliphatic carboxylic acids is 1. The Morgan fingerprint density at radius 2 is 1.75 bits per heavy atom. The van der Waals surface area contributed by atoms with Gasteiger partial charge in [0.25, 0.3) is 0 Å². The van der Waals surface area contributed by atoms with E-state index in [1.165, 1.54) is 16.7 Å². The van der Waals surface area contributed by atoms with E-state index in [2.05, 4.69) is 32.0 Å². The summed E-state index contributed by atoms with van der Waals surface area (Å²) in [6.07, 6.45) is 2.58. The summed E-state index contributed by atoms with van der Waals surface area (Å²) in [6, 6.07) is 6.26. The molecule has 2 heteroatoms. The predicted octanol–water partition coefficient (Wildman–Crippen LogP) is 3.07. The number of hydrogen-bond acceptors (Lipinski definition) is 1. The molecule has 0 spiro atoms. The van der Waals surface area contributed by atoms with Gasteiger partial charge in [-0.1, -0.05) is 39.0 Å². The lowest BCUT2D eigenvalue weighted by Crippen LogP contribution is -2.14. The van der Waals surface area contributed by atoms with Gasteiger partial charge in [-0.05, 0) is 36.0 Å². The number of hydrogen-bond donors (Lipinski definition) is 1. The second-order valence-electron chi connectivity index (χ2n) is 4.21. The average Bonchev–Trinajstić information content (AvgIpc) is 2.29. The van der Waals surface area contributed by atoms with Gasteiger partial charge >= 0.3 is 5.97 Å². The van der Waals surface area contributed by atoms with Crippen LogP contribution >= 0.6 is 0 Å². The smallest absolute Gasteiger partial charge is 0.306 e. The van der Waals surface area contributed by atoms with E-state index in [1.54, 1.807) is 6.92 Å². The summed E-state index contributed by atoms with van der Waals surface area (Å²) in [5, 5.41) is 8.97. The highest BCUT2D eigenvalue weighted by Gasteiger charge is 2.15. The lowest BCUT2D eigenvalue weighted by atomic mass is 9.90. The fourth-order valence-corrected chi connectivity index (χ4v) is 2.01. The maximum atomic E-state index is 10.9. The van der Waals surface area contributed by atoms with Crippen LogP contribution in [0.15, 0.2) is 18.2 Å². The van der Waals surface area contributed by atoms with Gasteiger partial charge in [-0.25, -0.2) is 0 Å². The first-order valence-corrected chi connectivity index (χ1v) is 5.92. The van der Waals surface area contributed by atoms with Crippen molar-refractivity contribution in [3.63, 3.8) is 0 Å². The minimum absolute atomic E-state index is 0.307. The molecule has 0 saturated carbocycles. The number of carbonyl (C=O) groups is 1. The van der Waals surface area contributed by atoms with Gasteiger partial charge in [0.2, 0.25) is 0 Å². The van der Waals surface area contributed by atoms with E-state index in [0.717, 1.165) is 12.8 Å². The second-order valence-corrected chi connectivity index (χ2v) is 4.21. The van der Waals surface area contributed by atoms with Crippen LogP contribution in [0.4, 0.5) is 0 Å². The lowest BCUT2D eigenvalue weighted by molar-refractivity contribution is -0.141. The van der Waals surface area contributed by atoms with Gasteiger partial charge in [0, 0.05) is 0 Å². The third-order valence-corrected chi connectivity index (χ3v) is 3.06. The molecule has 1 rings (SSSR count). The highest BCUT2D eigenvalue weighted by molar-refractivity contribution is 5.70. The zero-order valence-electron chi connectivity index (χ0n) is 10.3. The number of carboxylic acid groups (broad SMARTS) is 1. The van der Waals surface area contributed by atoms with E-state index in [9.17, 15) is 4.79 Å². The van der Waals surface area contributed by atoms with Crippen LogP contribution in [0.5, 0.6) is 0 Å². The summed E-state index contributed by atoms with van der Waals surface area (Å²) in [7, 11) is 0. The molecular formula is C14H20O2. The zero-order valence-corrected chi connectivity index (χ0v) is 10.3. The molecule has 0 amide bonds. The number of carboxylic acids is 1. The maximum absolute atomic E-state index is 10.9. The summed E-state index contributed by atoms with van der Waals surface area (Å²) in [4.78, 5) is 10.9. The minimum Gasteiger partial charge on any atom is -0.481 e. The van der Waals surface area contributed by atoms with Crippen LogP contribution in [-0.2, 0) is 24.1 Å². The van der Waals surface area contributed by atoms with E-state index < -0.39 is 5.97 Å². The van der Waals surface area contributed by atoms with E-state index in [0.29, 0.717) is 6.42 Å². The Kier molecular flexibility index (Phi) is 4.53. The Hall–Kier alpha value is -1.31. The first-order chi connectivity index (χ1) is 7.60. The SMILES string of the molecule is CCc1cccc(CC)c1CC(C)C(=O)O. The summed E-state index contributed by atoms with van der Waals surface area (Å²) >= 11 is 0. The van der Waals surface area contributed by atoms with Crippen LogP contribution < -0.4 is 0 Å². The molecule has 1 aromatic rings. The molecule has 88 valence electrons. The molecular weight excluding hydrogens is 200 g/mol. The third kappa shape index (κ3) is 2.84. The van der Waals surface area contributed by atoms with Crippen molar-refractivity contribution in [2.24, 2.45) is 5.92 Å². The van der Waals surface area contributed by atoms with Gasteiger partial charge in [-0.15, -0.1) is 0 Å². The molecule has 0 saturated heterocycles. The molecule has 0 heterocycles. The van der Waals surface area contributed by atoms with Crippen molar-refractivity contribution in [2.75, 3.05) is 0 Å². The van der Waals surface area contributed by atoms with Crippen LogP contribution in [0.25, 0.3) is 0 Å². The van der Waals surface area contributed by atoms with Crippen molar-refractivity contribution in [3.8, 4) is 0 Å². The molecule has 0 fully saturated rings. The molecule has 1 N–H and O–H groups in total. The molecule has 0 bridgehead atoms. The molecule has 1 atom stereocenters. The summed E-state index contributed by atoms with van der Waals surface area (Å²) < 4.78 is 0. The third-order valence-electron chi connectivity index (χ3n) is 3.06. The Balaban J connectivity index is 3.04. The first kappa shape index (κ1) is 12.8. The average molecular weight is 220 g/mol. The monoisotopic (exact) mass is 220 g/mol. The molecule has 0 aliphatic heterocycles. The zero-order chi connectivity index (χ0) is 12.1. The van der Waals surface area contributed by atoms with Crippen molar-refractivity contribution >= 4 is 5.97 Å². The van der Waals surface area contributed by atoms with Gasteiger partial charge in [0.05, 0.1) is 5.92 Å². The minimum atomic E-state index is -0.715. The fourth-order valence-electron chi connectivity index (χ4n) is 2.01. The van der Waals surface area contributed by atoms with E-state index in [-0.39, 0.29) is 5.92 Å². The molecule has 0 aromatic heterocycles. The summed E-state index contributed by atoms with van der Waals surface area (Å²) in [6.45, 7) is 6.00. The Morgan fingerprint density at radius 3 is 2.12 bits per heavy atom. The summed E-state index contributed by atoms with van der Waals surface area (Å²) in [5.74, 6) is -1.02.